The van der Waals surface area contributed by atoms with Gasteiger partial charge < -0.3 is 9.15 Å². The minimum absolute atomic E-state index is 0.0851. The highest BCUT2D eigenvalue weighted by atomic mass is 16.6. The molecule has 9 nitrogen and oxygen atoms in total. The van der Waals surface area contributed by atoms with Crippen molar-refractivity contribution >= 4 is 23.0 Å². The molecular formula is C20H13N3O6. The topological polar surface area (TPSA) is 132 Å². The van der Waals surface area contributed by atoms with Crippen LogP contribution in [-0.2, 0) is 0 Å². The Labute approximate surface area is 164 Å². The standard InChI is InChI=1S/C20H13N3O6/c1-28-16-6-8-18(19(11-16)23(26)27)20-9-7-17(29-20)10-14(12-21)13-2-4-15(5-3-13)22(24)25/h2-11H,1H3/b14-10-. The molecule has 1 aromatic heterocycles. The predicted molar refractivity (Wildman–Crippen MR) is 104 cm³/mol. The van der Waals surface area contributed by atoms with E-state index < -0.39 is 9.85 Å². The van der Waals surface area contributed by atoms with Gasteiger partial charge in [0.2, 0.25) is 0 Å². The zero-order chi connectivity index (χ0) is 21.0. The van der Waals surface area contributed by atoms with E-state index in [9.17, 15) is 25.5 Å². The second-order valence-electron chi connectivity index (χ2n) is 5.82. The number of methoxy groups -OCH3 is 1. The average molecular weight is 391 g/mol. The van der Waals surface area contributed by atoms with Crippen LogP contribution in [-0.4, -0.2) is 17.0 Å². The lowest BCUT2D eigenvalue weighted by atomic mass is 10.1. The van der Waals surface area contributed by atoms with E-state index in [1.807, 2.05) is 6.07 Å². The summed E-state index contributed by atoms with van der Waals surface area (Å²) in [7, 11) is 1.41. The monoisotopic (exact) mass is 391 g/mol. The second kappa shape index (κ2) is 8.06. The fraction of sp³-hybridized carbons (Fsp3) is 0.0500. The Morgan fingerprint density at radius 3 is 2.38 bits per heavy atom. The van der Waals surface area contributed by atoms with Crippen LogP contribution in [0, 0.1) is 31.6 Å². The van der Waals surface area contributed by atoms with Crippen LogP contribution in [0.1, 0.15) is 11.3 Å². The van der Waals surface area contributed by atoms with E-state index in [0.29, 0.717) is 17.1 Å². The first kappa shape index (κ1) is 19.3. The van der Waals surface area contributed by atoms with Crippen molar-refractivity contribution in [2.45, 2.75) is 0 Å². The zero-order valence-electron chi connectivity index (χ0n) is 15.1. The number of allylic oxidation sites excluding steroid dienone is 1. The molecule has 9 heteroatoms. The predicted octanol–water partition coefficient (Wildman–Crippen LogP) is 4.84. The number of benzene rings is 2. The van der Waals surface area contributed by atoms with Crippen LogP contribution in [0.5, 0.6) is 5.75 Å². The fourth-order valence-corrected chi connectivity index (χ4v) is 2.66. The van der Waals surface area contributed by atoms with Crippen molar-refractivity contribution < 1.29 is 19.0 Å². The van der Waals surface area contributed by atoms with Gasteiger partial charge in [-0.2, -0.15) is 5.26 Å². The van der Waals surface area contributed by atoms with Gasteiger partial charge in [-0.25, -0.2) is 0 Å². The number of hydrogen-bond donors (Lipinski definition) is 0. The third kappa shape index (κ3) is 4.12. The quantitative estimate of drug-likeness (QED) is 0.333. The third-order valence-corrected chi connectivity index (χ3v) is 4.09. The Bertz CT molecular complexity index is 1160. The van der Waals surface area contributed by atoms with E-state index in [-0.39, 0.29) is 28.3 Å². The highest BCUT2D eigenvalue weighted by molar-refractivity contribution is 5.89. The van der Waals surface area contributed by atoms with Gasteiger partial charge in [0.15, 0.2) is 0 Å². The van der Waals surface area contributed by atoms with Gasteiger partial charge >= 0.3 is 0 Å². The van der Waals surface area contributed by atoms with Gasteiger partial charge in [-0.1, -0.05) is 0 Å². The van der Waals surface area contributed by atoms with Crippen molar-refractivity contribution in [2.24, 2.45) is 0 Å². The number of hydrogen-bond acceptors (Lipinski definition) is 7. The average Bonchev–Trinajstić information content (AvgIpc) is 3.20. The number of nitrogens with zero attached hydrogens (tertiary/aromatic N) is 3. The van der Waals surface area contributed by atoms with Crippen molar-refractivity contribution in [3.8, 4) is 23.1 Å². The third-order valence-electron chi connectivity index (χ3n) is 4.09. The maximum absolute atomic E-state index is 11.4. The molecule has 0 amide bonds. The van der Waals surface area contributed by atoms with E-state index in [1.165, 1.54) is 49.6 Å². The van der Waals surface area contributed by atoms with Crippen molar-refractivity contribution in [3.63, 3.8) is 0 Å². The van der Waals surface area contributed by atoms with E-state index >= 15 is 0 Å². The summed E-state index contributed by atoms with van der Waals surface area (Å²) >= 11 is 0. The van der Waals surface area contributed by atoms with E-state index in [0.717, 1.165) is 0 Å². The summed E-state index contributed by atoms with van der Waals surface area (Å²) in [5.74, 6) is 0.906. The zero-order valence-corrected chi connectivity index (χ0v) is 15.1. The lowest BCUT2D eigenvalue weighted by Crippen LogP contribution is -1.93. The van der Waals surface area contributed by atoms with Crippen LogP contribution < -0.4 is 4.74 Å². The molecule has 0 saturated heterocycles. The first-order chi connectivity index (χ1) is 13.9. The van der Waals surface area contributed by atoms with E-state index in [4.69, 9.17) is 9.15 Å². The lowest BCUT2D eigenvalue weighted by molar-refractivity contribution is -0.384. The highest BCUT2D eigenvalue weighted by Crippen LogP contribution is 2.34. The maximum Gasteiger partial charge on any atom is 0.284 e. The Kier molecular flexibility index (Phi) is 5.37. The van der Waals surface area contributed by atoms with Gasteiger partial charge in [-0.3, -0.25) is 20.2 Å². The molecule has 144 valence electrons. The highest BCUT2D eigenvalue weighted by Gasteiger charge is 2.19. The van der Waals surface area contributed by atoms with Gasteiger partial charge in [0.05, 0.1) is 40.2 Å². The molecule has 0 saturated carbocycles. The number of nitro groups is 2. The first-order valence-corrected chi connectivity index (χ1v) is 8.22. The van der Waals surface area contributed by atoms with Crippen LogP contribution in [0.25, 0.3) is 23.0 Å². The molecule has 0 bridgehead atoms. The number of non-ortho nitro benzene ring substituents is 1. The van der Waals surface area contributed by atoms with Crippen LogP contribution in [0.3, 0.4) is 0 Å². The lowest BCUT2D eigenvalue weighted by Gasteiger charge is -2.03. The molecule has 0 aliphatic rings. The van der Waals surface area contributed by atoms with Gasteiger partial charge in [0.1, 0.15) is 17.3 Å². The number of nitro benzene ring substituents is 2. The summed E-state index contributed by atoms with van der Waals surface area (Å²) < 4.78 is 10.7. The summed E-state index contributed by atoms with van der Waals surface area (Å²) in [6, 6.07) is 15.1. The number of rotatable bonds is 6. The van der Waals surface area contributed by atoms with Crippen LogP contribution in [0.15, 0.2) is 59.0 Å². The van der Waals surface area contributed by atoms with E-state index in [2.05, 4.69) is 0 Å². The van der Waals surface area contributed by atoms with Crippen molar-refractivity contribution in [1.82, 2.24) is 0 Å². The summed E-state index contributed by atoms with van der Waals surface area (Å²) in [4.78, 5) is 21.0. The van der Waals surface area contributed by atoms with Crippen molar-refractivity contribution in [2.75, 3.05) is 7.11 Å². The molecule has 0 spiro atoms. The van der Waals surface area contributed by atoms with Gasteiger partial charge in [0, 0.05) is 12.1 Å². The molecule has 0 unspecified atom stereocenters. The molecule has 0 atom stereocenters. The Balaban J connectivity index is 1.96. The second-order valence-corrected chi connectivity index (χ2v) is 5.82. The minimum Gasteiger partial charge on any atom is -0.497 e. The van der Waals surface area contributed by atoms with Crippen LogP contribution in [0.2, 0.25) is 0 Å². The summed E-state index contributed by atoms with van der Waals surface area (Å²) in [5.41, 5.74) is 0.712. The molecule has 1 heterocycles. The largest absolute Gasteiger partial charge is 0.497 e. The smallest absolute Gasteiger partial charge is 0.284 e. The normalized spacial score (nSPS) is 11.0. The molecule has 0 N–H and O–H groups in total. The molecule has 3 aromatic rings. The molecule has 29 heavy (non-hydrogen) atoms. The minimum atomic E-state index is -0.534. The first-order valence-electron chi connectivity index (χ1n) is 8.22. The molecule has 0 aliphatic carbocycles. The number of furan rings is 1. The number of nitriles is 1. The molecule has 0 aliphatic heterocycles. The molecule has 3 rings (SSSR count). The van der Waals surface area contributed by atoms with E-state index in [1.54, 1.807) is 18.2 Å². The fourth-order valence-electron chi connectivity index (χ4n) is 2.66. The molecule has 2 aromatic carbocycles. The maximum atomic E-state index is 11.4. The molecule has 0 fully saturated rings. The summed E-state index contributed by atoms with van der Waals surface area (Å²) in [5, 5.41) is 31.5. The van der Waals surface area contributed by atoms with Crippen molar-refractivity contribution in [3.05, 3.63) is 86.1 Å². The summed E-state index contributed by atoms with van der Waals surface area (Å²) in [6.45, 7) is 0. The van der Waals surface area contributed by atoms with Crippen LogP contribution >= 0.6 is 0 Å². The Morgan fingerprint density at radius 2 is 1.79 bits per heavy atom. The van der Waals surface area contributed by atoms with Gasteiger partial charge in [0.25, 0.3) is 11.4 Å². The molecule has 0 radical (unpaired) electrons. The van der Waals surface area contributed by atoms with Gasteiger partial charge in [-0.15, -0.1) is 0 Å². The Morgan fingerprint density at radius 1 is 1.07 bits per heavy atom. The summed E-state index contributed by atoms with van der Waals surface area (Å²) in [6.07, 6.45) is 1.46. The van der Waals surface area contributed by atoms with Gasteiger partial charge in [-0.05, 0) is 48.0 Å². The van der Waals surface area contributed by atoms with Crippen LogP contribution in [0.4, 0.5) is 11.4 Å². The SMILES string of the molecule is COc1ccc(-c2ccc(/C=C(/C#N)c3ccc([N+](=O)[O-])cc3)o2)c([N+](=O)[O-])c1. The molecular weight excluding hydrogens is 378 g/mol. The Hall–Kier alpha value is -4.45. The number of ether oxygens (including phenoxy) is 1. The van der Waals surface area contributed by atoms with Crippen molar-refractivity contribution in [1.29, 1.82) is 5.26 Å².